The summed E-state index contributed by atoms with van der Waals surface area (Å²) in [6.45, 7) is 10.9. The highest BCUT2D eigenvalue weighted by Crippen LogP contribution is 2.48. The Hall–Kier alpha value is -3.97. The van der Waals surface area contributed by atoms with E-state index in [1.54, 1.807) is 36.1 Å². The number of halogens is 1. The Morgan fingerprint density at radius 2 is 2.05 bits per heavy atom. The lowest BCUT2D eigenvalue weighted by molar-refractivity contribution is 0.0719. The largest absolute Gasteiger partial charge is 0.490 e. The highest BCUT2D eigenvalue weighted by atomic mass is 19.1. The van der Waals surface area contributed by atoms with Crippen LogP contribution in [-0.4, -0.2) is 62.9 Å². The van der Waals surface area contributed by atoms with Gasteiger partial charge in [-0.05, 0) is 31.7 Å². The van der Waals surface area contributed by atoms with Crippen LogP contribution in [-0.2, 0) is 12.6 Å². The van der Waals surface area contributed by atoms with E-state index < -0.39 is 11.4 Å². The van der Waals surface area contributed by atoms with Crippen molar-refractivity contribution in [2.45, 2.75) is 50.1 Å². The molecule has 3 aliphatic rings. The maximum Gasteiger partial charge on any atom is 0.329 e. The van der Waals surface area contributed by atoms with Crippen LogP contribution in [0.5, 0.6) is 11.6 Å². The molecule has 0 amide bonds. The van der Waals surface area contributed by atoms with Crippen molar-refractivity contribution in [1.29, 1.82) is 0 Å². The lowest BCUT2D eigenvalue weighted by Crippen LogP contribution is -2.50. The second-order valence-electron chi connectivity index (χ2n) is 11.3. The Morgan fingerprint density at radius 1 is 1.23 bits per heavy atom. The standard InChI is InChI=1S/C30H31FN6O3/c1-32-20-7-12-36(13-8-20)11-4-14-39-24-6-5-19(16-34-24)25-21(31)15-22-26-27-23(17-33-22)35(2)29(38)37(27)30(9-3-10-30)18-40-28(25)26/h5-6,15-17,20H,3-4,7-14,18H2,2H3. The zero-order valence-electron chi connectivity index (χ0n) is 22.5. The minimum Gasteiger partial charge on any atom is -0.490 e. The van der Waals surface area contributed by atoms with Gasteiger partial charge in [-0.2, -0.15) is 0 Å². The van der Waals surface area contributed by atoms with Crippen molar-refractivity contribution in [3.05, 3.63) is 58.3 Å². The quantitative estimate of drug-likeness (QED) is 0.264. The normalized spacial score (nSPS) is 18.5. The number of likely N-dealkylation sites (tertiary alicyclic amines) is 1. The lowest BCUT2D eigenvalue weighted by atomic mass is 9.77. The number of fused-ring (bicyclic) bond motifs is 1. The molecule has 1 saturated carbocycles. The van der Waals surface area contributed by atoms with Crippen molar-refractivity contribution in [1.82, 2.24) is 24.0 Å². The minimum absolute atomic E-state index is 0.0950. The van der Waals surface area contributed by atoms with E-state index in [4.69, 9.17) is 16.0 Å². The number of aryl methyl sites for hydroxylation is 1. The fourth-order valence-electron chi connectivity index (χ4n) is 6.51. The molecule has 3 aromatic heterocycles. The number of aromatic nitrogens is 4. The first-order valence-electron chi connectivity index (χ1n) is 14.0. The Balaban J connectivity index is 1.16. The first-order chi connectivity index (χ1) is 19.5. The Labute approximate surface area is 231 Å². The molecular formula is C30H31FN6O3. The first-order valence-corrected chi connectivity index (χ1v) is 14.0. The van der Waals surface area contributed by atoms with E-state index in [-0.39, 0.29) is 11.7 Å². The van der Waals surface area contributed by atoms with Crippen molar-refractivity contribution in [3.8, 4) is 22.8 Å². The molecule has 5 heterocycles. The van der Waals surface area contributed by atoms with Crippen LogP contribution in [0.1, 0.15) is 38.5 Å². The van der Waals surface area contributed by atoms with Gasteiger partial charge in [0.15, 0.2) is 0 Å². The van der Waals surface area contributed by atoms with Gasteiger partial charge in [0, 0.05) is 63.4 Å². The van der Waals surface area contributed by atoms with Crippen molar-refractivity contribution in [2.75, 3.05) is 32.8 Å². The third-order valence-corrected chi connectivity index (χ3v) is 8.96. The number of benzene rings is 1. The van der Waals surface area contributed by atoms with E-state index in [0.717, 1.165) is 63.7 Å². The van der Waals surface area contributed by atoms with E-state index in [1.165, 1.54) is 6.07 Å². The van der Waals surface area contributed by atoms with Gasteiger partial charge in [0.25, 0.3) is 0 Å². The monoisotopic (exact) mass is 542 g/mol. The van der Waals surface area contributed by atoms with Gasteiger partial charge < -0.3 is 19.2 Å². The summed E-state index contributed by atoms with van der Waals surface area (Å²) in [5.41, 5.74) is 2.31. The summed E-state index contributed by atoms with van der Waals surface area (Å²) in [5.74, 6) is 0.452. The van der Waals surface area contributed by atoms with Gasteiger partial charge in [0.2, 0.25) is 11.9 Å². The second kappa shape index (κ2) is 9.59. The molecule has 0 unspecified atom stereocenters. The summed E-state index contributed by atoms with van der Waals surface area (Å²) >= 11 is 0. The molecule has 0 radical (unpaired) electrons. The van der Waals surface area contributed by atoms with Gasteiger partial charge in [-0.3, -0.25) is 14.1 Å². The molecule has 0 atom stereocenters. The maximum absolute atomic E-state index is 15.7. The van der Waals surface area contributed by atoms with Gasteiger partial charge >= 0.3 is 5.69 Å². The number of hydrogen-bond donors (Lipinski definition) is 0. The fraction of sp³-hybridized carbons (Fsp3) is 0.467. The molecule has 206 valence electrons. The predicted octanol–water partition coefficient (Wildman–Crippen LogP) is 4.51. The number of imidazole rings is 1. The van der Waals surface area contributed by atoms with Gasteiger partial charge in [0.05, 0.1) is 45.8 Å². The number of rotatable bonds is 6. The van der Waals surface area contributed by atoms with Crippen molar-refractivity contribution >= 4 is 21.9 Å². The number of hydrogen-bond acceptors (Lipinski definition) is 6. The van der Waals surface area contributed by atoms with Gasteiger partial charge in [-0.25, -0.2) is 20.7 Å². The van der Waals surface area contributed by atoms with Crippen molar-refractivity contribution < 1.29 is 13.9 Å². The van der Waals surface area contributed by atoms with Crippen LogP contribution in [0.25, 0.3) is 37.9 Å². The predicted molar refractivity (Wildman–Crippen MR) is 149 cm³/mol. The number of pyridine rings is 2. The number of piperidine rings is 1. The zero-order valence-corrected chi connectivity index (χ0v) is 22.5. The Bertz CT molecular complexity index is 1710. The van der Waals surface area contributed by atoms with E-state index in [9.17, 15) is 4.79 Å². The fourth-order valence-corrected chi connectivity index (χ4v) is 6.51. The molecule has 0 bridgehead atoms. The summed E-state index contributed by atoms with van der Waals surface area (Å²) < 4.78 is 31.5. The Morgan fingerprint density at radius 3 is 2.75 bits per heavy atom. The molecule has 2 fully saturated rings. The van der Waals surface area contributed by atoms with Crippen LogP contribution in [0.15, 0.2) is 35.4 Å². The first kappa shape index (κ1) is 25.0. The van der Waals surface area contributed by atoms with Crippen molar-refractivity contribution in [3.63, 3.8) is 0 Å². The average molecular weight is 543 g/mol. The van der Waals surface area contributed by atoms with Crippen molar-refractivity contribution in [2.24, 2.45) is 7.05 Å². The topological polar surface area (TPSA) is 78.8 Å². The van der Waals surface area contributed by atoms with Crippen LogP contribution < -0.4 is 15.2 Å². The molecule has 1 spiro atoms. The van der Waals surface area contributed by atoms with Crippen LogP contribution in [0, 0.1) is 12.4 Å². The smallest absolute Gasteiger partial charge is 0.329 e. The summed E-state index contributed by atoms with van der Waals surface area (Å²) in [6, 6.07) is 5.15. The van der Waals surface area contributed by atoms with Crippen LogP contribution in [0.2, 0.25) is 0 Å². The van der Waals surface area contributed by atoms with Gasteiger partial charge in [0.1, 0.15) is 18.2 Å². The molecule has 1 aromatic carbocycles. The van der Waals surface area contributed by atoms with Crippen LogP contribution in [0.3, 0.4) is 0 Å². The third kappa shape index (κ3) is 3.86. The molecule has 40 heavy (non-hydrogen) atoms. The number of nitrogens with zero attached hydrogens (tertiary/aromatic N) is 6. The molecule has 9 nitrogen and oxygen atoms in total. The second-order valence-corrected chi connectivity index (χ2v) is 11.3. The average Bonchev–Trinajstić information content (AvgIpc) is 3.10. The molecule has 0 N–H and O–H groups in total. The molecule has 10 heteroatoms. The maximum atomic E-state index is 15.7. The van der Waals surface area contributed by atoms with Gasteiger partial charge in [-0.15, -0.1) is 0 Å². The Kier molecular flexibility index (Phi) is 6.00. The van der Waals surface area contributed by atoms with E-state index in [1.807, 2.05) is 4.57 Å². The van der Waals surface area contributed by atoms with Crippen LogP contribution in [0.4, 0.5) is 4.39 Å². The summed E-state index contributed by atoms with van der Waals surface area (Å²) in [5, 5.41) is 0.663. The highest BCUT2D eigenvalue weighted by Gasteiger charge is 2.45. The molecular weight excluding hydrogens is 511 g/mol. The summed E-state index contributed by atoms with van der Waals surface area (Å²) in [4.78, 5) is 28.4. The summed E-state index contributed by atoms with van der Waals surface area (Å²) in [6.07, 6.45) is 8.72. The molecule has 1 aliphatic carbocycles. The molecule has 4 aromatic rings. The minimum atomic E-state index is -0.443. The highest BCUT2D eigenvalue weighted by molar-refractivity contribution is 6.09. The molecule has 2 aliphatic heterocycles. The lowest BCUT2D eigenvalue weighted by Gasteiger charge is -2.41. The van der Waals surface area contributed by atoms with Gasteiger partial charge in [-0.1, -0.05) is 0 Å². The molecule has 1 saturated heterocycles. The van der Waals surface area contributed by atoms with E-state index >= 15 is 4.39 Å². The van der Waals surface area contributed by atoms with E-state index in [0.29, 0.717) is 52.4 Å². The van der Waals surface area contributed by atoms with Crippen LogP contribution >= 0.6 is 0 Å². The molecule has 7 rings (SSSR count). The SMILES string of the molecule is [C-]#[N+]C1CCN(CCCOc2ccc(-c3c(F)cc4ncc5c6c4c3OCC3(CCC3)n6c(=O)n5C)cn2)CC1. The summed E-state index contributed by atoms with van der Waals surface area (Å²) in [7, 11) is 1.76. The third-order valence-electron chi connectivity index (χ3n) is 8.96. The zero-order chi connectivity index (χ0) is 27.4. The van der Waals surface area contributed by atoms with E-state index in [2.05, 4.69) is 19.7 Å². The number of ether oxygens (including phenoxy) is 2.